The van der Waals surface area contributed by atoms with Crippen LogP contribution in [-0.4, -0.2) is 34.1 Å². The minimum absolute atomic E-state index is 0.101. The topological polar surface area (TPSA) is 79.3 Å². The molecule has 0 aliphatic rings. The first-order valence-corrected chi connectivity index (χ1v) is 10.1. The Morgan fingerprint density at radius 3 is 2.44 bits per heavy atom. The van der Waals surface area contributed by atoms with Crippen molar-refractivity contribution in [2.45, 2.75) is 33.2 Å². The van der Waals surface area contributed by atoms with Crippen LogP contribution in [-0.2, 0) is 0 Å². The van der Waals surface area contributed by atoms with Crippen LogP contribution < -0.4 is 15.4 Å². The number of halogens is 3. The molecule has 0 unspecified atom stereocenters. The number of para-hydroxylation sites is 1. The molecule has 1 aromatic heterocycles. The van der Waals surface area contributed by atoms with Gasteiger partial charge in [-0.15, -0.1) is 13.2 Å². The van der Waals surface area contributed by atoms with Crippen molar-refractivity contribution in [3.8, 4) is 17.0 Å². The highest BCUT2D eigenvalue weighted by molar-refractivity contribution is 5.69. The number of nitrogens with one attached hydrogen (secondary N) is 2. The number of nitrogens with zero attached hydrogens (tertiary/aromatic N) is 2. The number of aryl methyl sites for hydroxylation is 1. The highest BCUT2D eigenvalue weighted by Gasteiger charge is 2.31. The number of ether oxygens (including phenoxy) is 1. The van der Waals surface area contributed by atoms with Crippen LogP contribution in [0.3, 0.4) is 0 Å². The van der Waals surface area contributed by atoms with Gasteiger partial charge in [-0.3, -0.25) is 0 Å². The normalized spacial score (nSPS) is 12.5. The van der Waals surface area contributed by atoms with Gasteiger partial charge in [0.1, 0.15) is 11.6 Å². The molecule has 0 aliphatic carbocycles. The summed E-state index contributed by atoms with van der Waals surface area (Å²) in [5.41, 5.74) is 2.65. The second-order valence-corrected chi connectivity index (χ2v) is 7.66. The summed E-state index contributed by atoms with van der Waals surface area (Å²) in [7, 11) is 0. The molecule has 32 heavy (non-hydrogen) atoms. The van der Waals surface area contributed by atoms with E-state index in [4.69, 9.17) is 0 Å². The van der Waals surface area contributed by atoms with Gasteiger partial charge in [0.15, 0.2) is 0 Å². The van der Waals surface area contributed by atoms with E-state index in [0.29, 0.717) is 17.1 Å². The molecule has 0 radical (unpaired) electrons. The first kappa shape index (κ1) is 23.3. The first-order chi connectivity index (χ1) is 15.1. The van der Waals surface area contributed by atoms with Crippen LogP contribution in [0.5, 0.6) is 5.75 Å². The summed E-state index contributed by atoms with van der Waals surface area (Å²) in [6, 6.07) is 14.6. The van der Waals surface area contributed by atoms with E-state index in [-0.39, 0.29) is 30.3 Å². The summed E-state index contributed by atoms with van der Waals surface area (Å²) >= 11 is 0. The third-order valence-corrected chi connectivity index (χ3v) is 4.81. The standard InChI is InChI=1S/C23H25F3N4O2/c1-14(2)20(13-31)29-22-28-19(16-8-6-9-17(11-16)32-23(24,25)26)12-21(30-22)27-18-10-5-4-7-15(18)3/h4-12,14,20,31H,13H2,1-3H3,(H2,27,28,29,30)/t20-/m1/s1. The maximum absolute atomic E-state index is 12.7. The van der Waals surface area contributed by atoms with Gasteiger partial charge in [-0.25, -0.2) is 4.98 Å². The van der Waals surface area contributed by atoms with E-state index >= 15 is 0 Å². The van der Waals surface area contributed by atoms with Gasteiger partial charge in [0, 0.05) is 17.3 Å². The van der Waals surface area contributed by atoms with Gasteiger partial charge in [0.2, 0.25) is 5.95 Å². The van der Waals surface area contributed by atoms with E-state index in [1.807, 2.05) is 45.0 Å². The van der Waals surface area contributed by atoms with Crippen molar-refractivity contribution < 1.29 is 23.0 Å². The lowest BCUT2D eigenvalue weighted by atomic mass is 10.1. The van der Waals surface area contributed by atoms with Gasteiger partial charge < -0.3 is 20.5 Å². The molecular weight excluding hydrogens is 421 g/mol. The summed E-state index contributed by atoms with van der Waals surface area (Å²) in [6.45, 7) is 5.72. The van der Waals surface area contributed by atoms with Crippen molar-refractivity contribution >= 4 is 17.5 Å². The molecule has 9 heteroatoms. The van der Waals surface area contributed by atoms with Crippen LogP contribution in [0.15, 0.2) is 54.6 Å². The monoisotopic (exact) mass is 446 g/mol. The molecule has 3 rings (SSSR count). The molecule has 1 heterocycles. The quantitative estimate of drug-likeness (QED) is 0.423. The molecular formula is C23H25F3N4O2. The fourth-order valence-corrected chi connectivity index (χ4v) is 3.02. The number of rotatable bonds is 8. The average Bonchev–Trinajstić information content (AvgIpc) is 2.72. The molecule has 170 valence electrons. The van der Waals surface area contributed by atoms with Gasteiger partial charge in [-0.05, 0) is 36.6 Å². The molecule has 0 fully saturated rings. The number of alkyl halides is 3. The van der Waals surface area contributed by atoms with Crippen molar-refractivity contribution in [2.75, 3.05) is 17.2 Å². The SMILES string of the molecule is Cc1ccccc1Nc1cc(-c2cccc(OC(F)(F)F)c2)nc(N[C@H](CO)C(C)C)n1. The van der Waals surface area contributed by atoms with Gasteiger partial charge in [0.05, 0.1) is 18.3 Å². The van der Waals surface area contributed by atoms with Crippen LogP contribution in [0.4, 0.5) is 30.6 Å². The number of aliphatic hydroxyl groups excluding tert-OH is 1. The molecule has 1 atom stereocenters. The zero-order chi connectivity index (χ0) is 23.3. The number of aromatic nitrogens is 2. The zero-order valence-electron chi connectivity index (χ0n) is 17.9. The Balaban J connectivity index is 2.02. The highest BCUT2D eigenvalue weighted by atomic mass is 19.4. The number of aliphatic hydroxyl groups is 1. The Labute approximate surface area is 184 Å². The van der Waals surface area contributed by atoms with E-state index in [9.17, 15) is 18.3 Å². The molecule has 0 bridgehead atoms. The molecule has 0 saturated carbocycles. The van der Waals surface area contributed by atoms with Crippen molar-refractivity contribution in [1.82, 2.24) is 9.97 Å². The minimum atomic E-state index is -4.79. The maximum atomic E-state index is 12.7. The summed E-state index contributed by atoms with van der Waals surface area (Å²) in [4.78, 5) is 8.96. The molecule has 3 aromatic rings. The summed E-state index contributed by atoms with van der Waals surface area (Å²) in [6.07, 6.45) is -4.79. The Morgan fingerprint density at radius 1 is 1.03 bits per heavy atom. The third-order valence-electron chi connectivity index (χ3n) is 4.81. The summed E-state index contributed by atoms with van der Waals surface area (Å²) < 4.78 is 42.0. The predicted molar refractivity (Wildman–Crippen MR) is 118 cm³/mol. The fourth-order valence-electron chi connectivity index (χ4n) is 3.02. The van der Waals surface area contributed by atoms with Crippen LogP contribution in [0.2, 0.25) is 0 Å². The number of hydrogen-bond acceptors (Lipinski definition) is 6. The zero-order valence-corrected chi connectivity index (χ0v) is 17.9. The van der Waals surface area contributed by atoms with Crippen molar-refractivity contribution in [1.29, 1.82) is 0 Å². The lowest BCUT2D eigenvalue weighted by Gasteiger charge is -2.21. The predicted octanol–water partition coefficient (Wildman–Crippen LogP) is 5.52. The lowest BCUT2D eigenvalue weighted by molar-refractivity contribution is -0.274. The number of anilines is 3. The maximum Gasteiger partial charge on any atom is 0.573 e. The van der Waals surface area contributed by atoms with E-state index in [1.54, 1.807) is 12.1 Å². The summed E-state index contributed by atoms with van der Waals surface area (Å²) in [5.74, 6) is 0.457. The van der Waals surface area contributed by atoms with Crippen molar-refractivity contribution in [3.05, 3.63) is 60.2 Å². The number of hydrogen-bond donors (Lipinski definition) is 3. The molecule has 3 N–H and O–H groups in total. The Kier molecular flexibility index (Phi) is 7.19. The molecule has 0 spiro atoms. The van der Waals surface area contributed by atoms with Crippen LogP contribution in [0, 0.1) is 12.8 Å². The highest BCUT2D eigenvalue weighted by Crippen LogP contribution is 2.30. The van der Waals surface area contributed by atoms with Crippen molar-refractivity contribution in [2.24, 2.45) is 5.92 Å². The second-order valence-electron chi connectivity index (χ2n) is 7.66. The van der Waals surface area contributed by atoms with Crippen LogP contribution in [0.1, 0.15) is 19.4 Å². The van der Waals surface area contributed by atoms with Crippen LogP contribution >= 0.6 is 0 Å². The minimum Gasteiger partial charge on any atom is -0.406 e. The van der Waals surface area contributed by atoms with E-state index in [2.05, 4.69) is 25.3 Å². The molecule has 0 amide bonds. The molecule has 0 saturated heterocycles. The Hall–Kier alpha value is -3.33. The Bertz CT molecular complexity index is 1060. The molecule has 0 aliphatic heterocycles. The fraction of sp³-hybridized carbons (Fsp3) is 0.304. The smallest absolute Gasteiger partial charge is 0.406 e. The van der Waals surface area contributed by atoms with Gasteiger partial charge in [0.25, 0.3) is 0 Å². The summed E-state index contributed by atoms with van der Waals surface area (Å²) in [5, 5.41) is 16.0. The largest absolute Gasteiger partial charge is 0.573 e. The second kappa shape index (κ2) is 9.86. The number of benzene rings is 2. The van der Waals surface area contributed by atoms with Gasteiger partial charge in [-0.1, -0.05) is 44.2 Å². The third kappa shape index (κ3) is 6.34. The van der Waals surface area contributed by atoms with Gasteiger partial charge >= 0.3 is 6.36 Å². The van der Waals surface area contributed by atoms with E-state index in [0.717, 1.165) is 11.3 Å². The van der Waals surface area contributed by atoms with Crippen LogP contribution in [0.25, 0.3) is 11.3 Å². The van der Waals surface area contributed by atoms with Crippen molar-refractivity contribution in [3.63, 3.8) is 0 Å². The molecule has 2 aromatic carbocycles. The average molecular weight is 446 g/mol. The Morgan fingerprint density at radius 2 is 1.78 bits per heavy atom. The van der Waals surface area contributed by atoms with Gasteiger partial charge in [-0.2, -0.15) is 4.98 Å². The van der Waals surface area contributed by atoms with E-state index < -0.39 is 6.36 Å². The first-order valence-electron chi connectivity index (χ1n) is 10.1. The molecule has 6 nitrogen and oxygen atoms in total. The lowest BCUT2D eigenvalue weighted by Crippen LogP contribution is -2.30. The van der Waals surface area contributed by atoms with E-state index in [1.165, 1.54) is 18.2 Å².